The molecule has 1 aromatic heterocycles. The normalized spacial score (nSPS) is 12.9. The highest BCUT2D eigenvalue weighted by atomic mass is 16.5. The van der Waals surface area contributed by atoms with E-state index in [-0.39, 0.29) is 6.04 Å². The third-order valence-corrected chi connectivity index (χ3v) is 2.56. The molecule has 5 nitrogen and oxygen atoms in total. The lowest BCUT2D eigenvalue weighted by atomic mass is 10.1. The topological polar surface area (TPSA) is 66.0 Å². The van der Waals surface area contributed by atoms with Gasteiger partial charge < -0.3 is 10.5 Å². The number of aromatic nitrogens is 3. The molecule has 98 valence electrons. The van der Waals surface area contributed by atoms with Crippen molar-refractivity contribution in [3.63, 3.8) is 0 Å². The van der Waals surface area contributed by atoms with Crippen molar-refractivity contribution < 1.29 is 4.74 Å². The molecule has 5 heteroatoms. The van der Waals surface area contributed by atoms with E-state index in [9.17, 15) is 0 Å². The Labute approximate surface area is 103 Å². The van der Waals surface area contributed by atoms with Crippen LogP contribution in [0, 0.1) is 0 Å². The highest BCUT2D eigenvalue weighted by Crippen LogP contribution is 2.02. The summed E-state index contributed by atoms with van der Waals surface area (Å²) in [5, 5.41) is 4.19. The molecule has 0 aliphatic carbocycles. The molecule has 0 aliphatic rings. The average Bonchev–Trinajstić information content (AvgIpc) is 2.73. The van der Waals surface area contributed by atoms with E-state index < -0.39 is 0 Å². The van der Waals surface area contributed by atoms with Crippen molar-refractivity contribution in [3.8, 4) is 0 Å². The number of nitrogens with two attached hydrogens (primary N) is 1. The summed E-state index contributed by atoms with van der Waals surface area (Å²) in [7, 11) is 0. The van der Waals surface area contributed by atoms with Crippen LogP contribution in [0.3, 0.4) is 0 Å². The maximum atomic E-state index is 6.05. The predicted octanol–water partition coefficient (Wildman–Crippen LogP) is 1.37. The highest BCUT2D eigenvalue weighted by molar-refractivity contribution is 4.88. The van der Waals surface area contributed by atoms with Gasteiger partial charge in [-0.3, -0.25) is 4.68 Å². The molecule has 0 bridgehead atoms. The molecule has 0 saturated heterocycles. The molecule has 1 aromatic rings. The Bertz CT molecular complexity index is 300. The van der Waals surface area contributed by atoms with E-state index in [4.69, 9.17) is 10.5 Å². The second-order valence-corrected chi connectivity index (χ2v) is 4.26. The first-order valence-electron chi connectivity index (χ1n) is 6.47. The van der Waals surface area contributed by atoms with Crippen LogP contribution in [0.1, 0.15) is 38.9 Å². The van der Waals surface area contributed by atoms with Crippen LogP contribution < -0.4 is 5.73 Å². The average molecular weight is 240 g/mol. The second kappa shape index (κ2) is 8.20. The molecule has 0 saturated carbocycles. The fourth-order valence-electron chi connectivity index (χ4n) is 1.66. The van der Waals surface area contributed by atoms with Crippen LogP contribution >= 0.6 is 0 Å². The van der Waals surface area contributed by atoms with Crippen LogP contribution in [-0.4, -0.2) is 34.0 Å². The van der Waals surface area contributed by atoms with Gasteiger partial charge in [0, 0.05) is 32.2 Å². The van der Waals surface area contributed by atoms with E-state index in [1.54, 1.807) is 6.33 Å². The maximum absolute atomic E-state index is 6.05. The van der Waals surface area contributed by atoms with Crippen molar-refractivity contribution in [1.29, 1.82) is 0 Å². The number of rotatable bonds is 9. The molecular weight excluding hydrogens is 216 g/mol. The lowest BCUT2D eigenvalue weighted by Gasteiger charge is -2.11. The van der Waals surface area contributed by atoms with Gasteiger partial charge in [-0.25, -0.2) is 4.98 Å². The SMILES string of the molecule is CCCOCCC(N)Cc1ncnn1CCC. The third-order valence-electron chi connectivity index (χ3n) is 2.56. The van der Waals surface area contributed by atoms with E-state index in [1.165, 1.54) is 0 Å². The van der Waals surface area contributed by atoms with Crippen molar-refractivity contribution in [2.45, 2.75) is 52.1 Å². The summed E-state index contributed by atoms with van der Waals surface area (Å²) in [4.78, 5) is 4.25. The minimum atomic E-state index is 0.103. The van der Waals surface area contributed by atoms with Crippen LogP contribution in [0.15, 0.2) is 6.33 Å². The van der Waals surface area contributed by atoms with Gasteiger partial charge in [0.25, 0.3) is 0 Å². The zero-order valence-electron chi connectivity index (χ0n) is 10.9. The van der Waals surface area contributed by atoms with Gasteiger partial charge in [-0.2, -0.15) is 5.10 Å². The number of hydrogen-bond donors (Lipinski definition) is 1. The smallest absolute Gasteiger partial charge is 0.138 e. The second-order valence-electron chi connectivity index (χ2n) is 4.26. The van der Waals surface area contributed by atoms with Gasteiger partial charge in [0.2, 0.25) is 0 Å². The molecule has 1 heterocycles. The standard InChI is InChI=1S/C12H24N4O/c1-3-6-16-12(14-10-15-16)9-11(13)5-8-17-7-4-2/h10-11H,3-9,13H2,1-2H3. The number of nitrogens with zero attached hydrogens (tertiary/aromatic N) is 3. The van der Waals surface area contributed by atoms with Crippen LogP contribution in [0.4, 0.5) is 0 Å². The number of aryl methyl sites for hydroxylation is 1. The molecule has 1 rings (SSSR count). The summed E-state index contributed by atoms with van der Waals surface area (Å²) in [6.07, 6.45) is 5.37. The summed E-state index contributed by atoms with van der Waals surface area (Å²) < 4.78 is 7.36. The van der Waals surface area contributed by atoms with E-state index in [0.717, 1.165) is 51.3 Å². The fourth-order valence-corrected chi connectivity index (χ4v) is 1.66. The molecular formula is C12H24N4O. The minimum Gasteiger partial charge on any atom is -0.381 e. The molecule has 0 radical (unpaired) electrons. The van der Waals surface area contributed by atoms with E-state index in [1.807, 2.05) is 4.68 Å². The molecule has 0 fully saturated rings. The summed E-state index contributed by atoms with van der Waals surface area (Å²) in [6, 6.07) is 0.103. The summed E-state index contributed by atoms with van der Waals surface area (Å²) in [6.45, 7) is 6.70. The molecule has 0 aliphatic heterocycles. The van der Waals surface area contributed by atoms with Gasteiger partial charge in [-0.05, 0) is 19.3 Å². The van der Waals surface area contributed by atoms with E-state index in [0.29, 0.717) is 0 Å². The molecule has 0 amide bonds. The minimum absolute atomic E-state index is 0.103. The Kier molecular flexibility index (Phi) is 6.81. The van der Waals surface area contributed by atoms with Crippen LogP contribution in [0.5, 0.6) is 0 Å². The van der Waals surface area contributed by atoms with Crippen molar-refractivity contribution in [3.05, 3.63) is 12.2 Å². The molecule has 0 spiro atoms. The summed E-state index contributed by atoms with van der Waals surface area (Å²) in [5.74, 6) is 0.981. The molecule has 1 unspecified atom stereocenters. The van der Waals surface area contributed by atoms with Gasteiger partial charge >= 0.3 is 0 Å². The Hall–Kier alpha value is -0.940. The quantitative estimate of drug-likeness (QED) is 0.662. The van der Waals surface area contributed by atoms with Crippen LogP contribution in [0.25, 0.3) is 0 Å². The highest BCUT2D eigenvalue weighted by Gasteiger charge is 2.09. The van der Waals surface area contributed by atoms with Crippen molar-refractivity contribution in [1.82, 2.24) is 14.8 Å². The summed E-state index contributed by atoms with van der Waals surface area (Å²) in [5.41, 5.74) is 6.05. The first-order chi connectivity index (χ1) is 8.27. The van der Waals surface area contributed by atoms with E-state index >= 15 is 0 Å². The zero-order valence-corrected chi connectivity index (χ0v) is 10.9. The summed E-state index contributed by atoms with van der Waals surface area (Å²) >= 11 is 0. The Balaban J connectivity index is 2.29. The van der Waals surface area contributed by atoms with Gasteiger partial charge in [-0.15, -0.1) is 0 Å². The Morgan fingerprint density at radius 1 is 1.35 bits per heavy atom. The fraction of sp³-hybridized carbons (Fsp3) is 0.833. The van der Waals surface area contributed by atoms with Crippen LogP contribution in [0.2, 0.25) is 0 Å². The van der Waals surface area contributed by atoms with Gasteiger partial charge in [0.15, 0.2) is 0 Å². The predicted molar refractivity (Wildman–Crippen MR) is 67.7 cm³/mol. The van der Waals surface area contributed by atoms with E-state index in [2.05, 4.69) is 23.9 Å². The Morgan fingerprint density at radius 3 is 2.88 bits per heavy atom. The van der Waals surface area contributed by atoms with Crippen molar-refractivity contribution >= 4 is 0 Å². The number of ether oxygens (including phenoxy) is 1. The molecule has 2 N–H and O–H groups in total. The van der Waals surface area contributed by atoms with Gasteiger partial charge in [-0.1, -0.05) is 13.8 Å². The Morgan fingerprint density at radius 2 is 2.18 bits per heavy atom. The maximum Gasteiger partial charge on any atom is 0.138 e. The van der Waals surface area contributed by atoms with Crippen molar-refractivity contribution in [2.24, 2.45) is 5.73 Å². The van der Waals surface area contributed by atoms with Gasteiger partial charge in [0.1, 0.15) is 12.2 Å². The number of hydrogen-bond acceptors (Lipinski definition) is 4. The first-order valence-corrected chi connectivity index (χ1v) is 6.47. The molecule has 0 aromatic carbocycles. The lowest BCUT2D eigenvalue weighted by Crippen LogP contribution is -2.26. The van der Waals surface area contributed by atoms with Gasteiger partial charge in [0.05, 0.1) is 0 Å². The largest absolute Gasteiger partial charge is 0.381 e. The molecule has 17 heavy (non-hydrogen) atoms. The third kappa shape index (κ3) is 5.28. The monoisotopic (exact) mass is 240 g/mol. The van der Waals surface area contributed by atoms with Crippen LogP contribution in [-0.2, 0) is 17.7 Å². The van der Waals surface area contributed by atoms with Crippen molar-refractivity contribution in [2.75, 3.05) is 13.2 Å². The first kappa shape index (κ1) is 14.1. The lowest BCUT2D eigenvalue weighted by molar-refractivity contribution is 0.127. The molecule has 1 atom stereocenters. The zero-order chi connectivity index (χ0) is 12.5.